The van der Waals surface area contributed by atoms with E-state index >= 15 is 4.39 Å². The summed E-state index contributed by atoms with van der Waals surface area (Å²) in [4.78, 5) is 90.2. The van der Waals surface area contributed by atoms with E-state index in [-0.39, 0.29) is 50.9 Å². The van der Waals surface area contributed by atoms with E-state index in [0.29, 0.717) is 32.1 Å². The number of benzene rings is 2. The summed E-state index contributed by atoms with van der Waals surface area (Å²) in [6, 6.07) is 14.0. The number of likely N-dealkylation sites (tertiary alicyclic amines) is 1. The summed E-state index contributed by atoms with van der Waals surface area (Å²) in [5, 5.41) is 16.3. The predicted octanol–water partition coefficient (Wildman–Crippen LogP) is 7.66. The van der Waals surface area contributed by atoms with Crippen molar-refractivity contribution in [3.8, 4) is 0 Å². The molecule has 2 aromatic rings. The minimum Gasteiger partial charge on any atom is -0.445 e. The van der Waals surface area contributed by atoms with Gasteiger partial charge in [-0.05, 0) is 129 Å². The van der Waals surface area contributed by atoms with E-state index in [0.717, 1.165) is 11.1 Å². The minimum absolute atomic E-state index is 0.0165. The number of nitrogens with one attached hydrogen (secondary N) is 5. The van der Waals surface area contributed by atoms with Crippen LogP contribution in [-0.2, 0) is 46.5 Å². The quantitative estimate of drug-likeness (QED) is 0.0731. The first kappa shape index (κ1) is 58.0. The molecule has 2 heterocycles. The monoisotopic (exact) mass is 992 g/mol. The van der Waals surface area contributed by atoms with Gasteiger partial charge in [-0.2, -0.15) is 5.06 Å². The van der Waals surface area contributed by atoms with Crippen molar-refractivity contribution >= 4 is 35.8 Å². The highest BCUT2D eigenvalue weighted by Crippen LogP contribution is 2.38. The van der Waals surface area contributed by atoms with Crippen LogP contribution in [-0.4, -0.2) is 113 Å². The molecule has 5 atom stereocenters. The second kappa shape index (κ2) is 26.2. The molecule has 2 saturated heterocycles. The molecule has 5 N–H and O–H groups in total. The first-order valence-corrected chi connectivity index (χ1v) is 25.2. The zero-order valence-electron chi connectivity index (χ0n) is 44.2. The normalized spacial score (nSPS) is 19.0. The van der Waals surface area contributed by atoms with Gasteiger partial charge < -0.3 is 45.8 Å². The van der Waals surface area contributed by atoms with Gasteiger partial charge in [-0.15, -0.1) is 0 Å². The van der Waals surface area contributed by atoms with Crippen molar-refractivity contribution < 1.29 is 47.5 Å². The number of ether oxygens (including phenoxy) is 2. The molecule has 0 radical (unpaired) electrons. The summed E-state index contributed by atoms with van der Waals surface area (Å²) in [5.74, 6) is -4.20. The third-order valence-corrected chi connectivity index (χ3v) is 12.7. The number of nitrogens with zero attached hydrogens (tertiary/aromatic N) is 2. The lowest BCUT2D eigenvalue weighted by molar-refractivity contribution is -0.267. The summed E-state index contributed by atoms with van der Waals surface area (Å²) in [5.41, 5.74) is -0.0632. The Morgan fingerprint density at radius 3 is 1.99 bits per heavy atom. The number of hydrogen-bond donors (Lipinski definition) is 5. The van der Waals surface area contributed by atoms with E-state index in [4.69, 9.17) is 14.3 Å². The predicted molar refractivity (Wildman–Crippen MR) is 271 cm³/mol. The van der Waals surface area contributed by atoms with Crippen LogP contribution in [0.4, 0.5) is 14.0 Å². The van der Waals surface area contributed by atoms with Crippen molar-refractivity contribution in [3.05, 3.63) is 83.7 Å². The maximum atomic E-state index is 16.5. The summed E-state index contributed by atoms with van der Waals surface area (Å²) in [6.07, 6.45) is 2.63. The van der Waals surface area contributed by atoms with Crippen molar-refractivity contribution in [1.29, 1.82) is 0 Å². The molecule has 2 aliphatic rings. The van der Waals surface area contributed by atoms with Gasteiger partial charge in [0, 0.05) is 30.2 Å². The zero-order chi connectivity index (χ0) is 52.7. The van der Waals surface area contributed by atoms with Crippen molar-refractivity contribution in [2.75, 3.05) is 20.2 Å². The minimum atomic E-state index is -1.10. The van der Waals surface area contributed by atoms with Gasteiger partial charge in [0.1, 0.15) is 36.2 Å². The number of carbonyl (C=O) groups excluding carboxylic acids is 6. The lowest BCUT2D eigenvalue weighted by atomic mass is 9.79. The molecule has 0 aliphatic carbocycles. The van der Waals surface area contributed by atoms with E-state index in [1.807, 2.05) is 107 Å². The Morgan fingerprint density at radius 1 is 0.817 bits per heavy atom. The molecule has 16 nitrogen and oxygen atoms in total. The molecule has 6 amide bonds. The maximum Gasteiger partial charge on any atom is 0.408 e. The van der Waals surface area contributed by atoms with Crippen LogP contribution < -0.4 is 26.6 Å². The number of halogens is 1. The molecule has 0 spiro atoms. The fraction of sp³-hybridized carbons (Fsp3) is 0.630. The molecule has 0 unspecified atom stereocenters. The number of hydrogen-bond acceptors (Lipinski definition) is 10. The molecule has 4 rings (SSSR count). The molecular formula is C54H82FN7O9. The van der Waals surface area contributed by atoms with E-state index < -0.39 is 94.3 Å². The highest BCUT2D eigenvalue weighted by atomic mass is 19.1. The second-order valence-electron chi connectivity index (χ2n) is 22.0. The SMILES string of the molecule is CON1C(C)(C)CC(NC(=O)[C@H](CCCNC(=O)OCc2ccccc2)NC(=O)[C@@H](NC(=O)[C@@H]2CCCN2C(=O)[C@H](/C=C(\F)[C@H](CC(C)C)NC(=O)OC(C)(C)C)Cc2ccccc2)C(C)C)CC1(C)C. The van der Waals surface area contributed by atoms with E-state index in [1.165, 1.54) is 11.0 Å². The van der Waals surface area contributed by atoms with Crippen LogP contribution in [0.5, 0.6) is 0 Å². The van der Waals surface area contributed by atoms with Gasteiger partial charge in [0.05, 0.1) is 19.1 Å². The van der Waals surface area contributed by atoms with Crippen LogP contribution >= 0.6 is 0 Å². The van der Waals surface area contributed by atoms with Crippen LogP contribution in [0.2, 0.25) is 0 Å². The molecule has 394 valence electrons. The van der Waals surface area contributed by atoms with Crippen molar-refractivity contribution in [1.82, 2.24) is 36.5 Å². The standard InChI is InChI=1S/C54H82FN7O9/c1-35(2)29-43(59-51(68)71-52(5,6)7)41(55)31-39(30-37-21-15-13-16-22-37)49(66)61-28-20-26-44(61)47(64)60-45(36(3)4)48(65)58-42(25-19-27-56-50(67)70-34-38-23-17-14-18-24-38)46(63)57-40-32-53(8,9)62(69-12)54(10,11)33-40/h13-18,21-24,31,35-36,39-40,42-45H,19-20,25-30,32-34H2,1-12H3,(H,56,67)(H,57,63)(H,58,65)(H,59,68)(H,60,64)/b41-31-/t39-,42-,43-,44-,45-/m0/s1. The summed E-state index contributed by atoms with van der Waals surface area (Å²) in [6.45, 7) is 21.2. The molecule has 2 aliphatic heterocycles. The van der Waals surface area contributed by atoms with Gasteiger partial charge in [-0.1, -0.05) is 88.4 Å². The number of hydroxylamine groups is 2. The van der Waals surface area contributed by atoms with E-state index in [2.05, 4.69) is 26.6 Å². The topological polar surface area (TPSA) is 197 Å². The molecule has 0 bridgehead atoms. The maximum absolute atomic E-state index is 16.5. The fourth-order valence-corrected chi connectivity index (χ4v) is 9.82. The molecule has 2 aromatic carbocycles. The smallest absolute Gasteiger partial charge is 0.408 e. The largest absolute Gasteiger partial charge is 0.445 e. The van der Waals surface area contributed by atoms with Crippen molar-refractivity contribution in [3.63, 3.8) is 0 Å². The Morgan fingerprint density at radius 2 is 1.42 bits per heavy atom. The zero-order valence-corrected chi connectivity index (χ0v) is 44.2. The number of rotatable bonds is 22. The Labute approximate surface area is 421 Å². The first-order valence-electron chi connectivity index (χ1n) is 25.2. The van der Waals surface area contributed by atoms with Crippen molar-refractivity contribution in [2.45, 2.75) is 181 Å². The summed E-state index contributed by atoms with van der Waals surface area (Å²) < 4.78 is 27.3. The first-order chi connectivity index (χ1) is 33.3. The van der Waals surface area contributed by atoms with Gasteiger partial charge in [-0.3, -0.25) is 19.2 Å². The summed E-state index contributed by atoms with van der Waals surface area (Å²) in [7, 11) is 1.63. The fourth-order valence-electron chi connectivity index (χ4n) is 9.82. The molecule has 0 aromatic heterocycles. The van der Waals surface area contributed by atoms with Crippen LogP contribution in [0, 0.1) is 17.8 Å². The highest BCUT2D eigenvalue weighted by Gasteiger charge is 2.47. The highest BCUT2D eigenvalue weighted by molar-refractivity contribution is 5.95. The third-order valence-electron chi connectivity index (χ3n) is 12.7. The van der Waals surface area contributed by atoms with Gasteiger partial charge >= 0.3 is 12.2 Å². The number of piperidine rings is 1. The lowest BCUT2D eigenvalue weighted by Gasteiger charge is -2.53. The molecule has 71 heavy (non-hydrogen) atoms. The van der Waals surface area contributed by atoms with Gasteiger partial charge in [0.15, 0.2) is 0 Å². The average molecular weight is 992 g/mol. The van der Waals surface area contributed by atoms with E-state index in [9.17, 15) is 28.8 Å². The average Bonchev–Trinajstić information content (AvgIpc) is 3.77. The van der Waals surface area contributed by atoms with Gasteiger partial charge in [0.2, 0.25) is 23.6 Å². The Bertz CT molecular complexity index is 2090. The van der Waals surface area contributed by atoms with Crippen LogP contribution in [0.25, 0.3) is 0 Å². The van der Waals surface area contributed by atoms with Gasteiger partial charge in [-0.25, -0.2) is 14.0 Å². The number of alkyl carbamates (subject to hydrolysis) is 2. The Kier molecular flexibility index (Phi) is 21.4. The lowest BCUT2D eigenvalue weighted by Crippen LogP contribution is -2.65. The Balaban J connectivity index is 1.53. The van der Waals surface area contributed by atoms with Crippen LogP contribution in [0.3, 0.4) is 0 Å². The number of amides is 6. The van der Waals surface area contributed by atoms with E-state index in [1.54, 1.807) is 41.7 Å². The van der Waals surface area contributed by atoms with Crippen LogP contribution in [0.1, 0.15) is 132 Å². The van der Waals surface area contributed by atoms with Crippen molar-refractivity contribution in [2.24, 2.45) is 17.8 Å². The molecular weight excluding hydrogens is 910 g/mol. The third kappa shape index (κ3) is 18.2. The Hall–Kier alpha value is -5.55. The van der Waals surface area contributed by atoms with Crippen LogP contribution in [0.15, 0.2) is 72.6 Å². The van der Waals surface area contributed by atoms with Gasteiger partial charge in [0.25, 0.3) is 0 Å². The number of carbonyl (C=O) groups is 6. The summed E-state index contributed by atoms with van der Waals surface area (Å²) >= 11 is 0. The molecule has 2 fully saturated rings. The molecule has 0 saturated carbocycles. The molecule has 17 heteroatoms. The second-order valence-corrected chi connectivity index (χ2v) is 22.0.